The zero-order valence-corrected chi connectivity index (χ0v) is 20.9. The number of fused-ring (bicyclic) bond motifs is 1. The summed E-state index contributed by atoms with van der Waals surface area (Å²) in [5, 5.41) is 3.50. The first kappa shape index (κ1) is 26.8. The molecule has 1 saturated carbocycles. The zero-order valence-electron chi connectivity index (χ0n) is 20.9. The molecule has 0 atom stereocenters. The number of rotatable bonds is 10. The Morgan fingerprint density at radius 1 is 1.05 bits per heavy atom. The van der Waals surface area contributed by atoms with E-state index in [0.717, 1.165) is 6.07 Å². The zero-order chi connectivity index (χ0) is 27.0. The smallest absolute Gasteiger partial charge is 0.273 e. The lowest BCUT2D eigenvalue weighted by Gasteiger charge is -2.46. The summed E-state index contributed by atoms with van der Waals surface area (Å²) in [6.45, 7) is 2.30. The van der Waals surface area contributed by atoms with Crippen molar-refractivity contribution >= 4 is 16.7 Å². The minimum Gasteiger partial charge on any atom is -0.493 e. The molecule has 0 unspecified atom stereocenters. The Balaban J connectivity index is 1.63. The molecule has 1 fully saturated rings. The van der Waals surface area contributed by atoms with Crippen molar-refractivity contribution in [3.8, 4) is 11.5 Å². The molecule has 200 valence electrons. The SMILES string of the molecule is COCC1(COc2cc3c(NCc4cccc(C(C)(F)F)c4F)nc(C)nc3cc2OC)CC(F)(F)C1. The normalized spacial score (nSPS) is 16.4. The van der Waals surface area contributed by atoms with E-state index in [0.29, 0.717) is 35.2 Å². The number of anilines is 1. The van der Waals surface area contributed by atoms with Gasteiger partial charge in [0.1, 0.15) is 17.5 Å². The van der Waals surface area contributed by atoms with Crippen molar-refractivity contribution in [3.05, 3.63) is 53.1 Å². The summed E-state index contributed by atoms with van der Waals surface area (Å²) >= 11 is 0. The molecule has 0 radical (unpaired) electrons. The molecular formula is C26H28F5N3O3. The minimum absolute atomic E-state index is 0.0169. The summed E-state index contributed by atoms with van der Waals surface area (Å²) in [4.78, 5) is 8.80. The van der Waals surface area contributed by atoms with E-state index in [1.165, 1.54) is 26.4 Å². The van der Waals surface area contributed by atoms with Gasteiger partial charge >= 0.3 is 0 Å². The molecule has 0 saturated heterocycles. The third kappa shape index (κ3) is 5.71. The average Bonchev–Trinajstić information content (AvgIpc) is 2.79. The highest BCUT2D eigenvalue weighted by Gasteiger charge is 2.57. The van der Waals surface area contributed by atoms with Crippen molar-refractivity contribution in [2.45, 2.75) is 45.1 Å². The molecule has 2 aromatic carbocycles. The molecule has 1 heterocycles. The van der Waals surface area contributed by atoms with Crippen LogP contribution in [0.1, 0.15) is 36.7 Å². The lowest BCUT2D eigenvalue weighted by molar-refractivity contribution is -0.190. The fourth-order valence-corrected chi connectivity index (χ4v) is 4.72. The molecule has 0 amide bonds. The van der Waals surface area contributed by atoms with Gasteiger partial charge < -0.3 is 19.5 Å². The summed E-state index contributed by atoms with van der Waals surface area (Å²) in [7, 11) is 2.90. The van der Waals surface area contributed by atoms with E-state index in [1.807, 2.05) is 0 Å². The van der Waals surface area contributed by atoms with Crippen LogP contribution < -0.4 is 14.8 Å². The van der Waals surface area contributed by atoms with Gasteiger partial charge in [-0.1, -0.05) is 18.2 Å². The first-order chi connectivity index (χ1) is 17.4. The maximum atomic E-state index is 14.7. The van der Waals surface area contributed by atoms with E-state index < -0.39 is 28.6 Å². The number of nitrogens with one attached hydrogen (secondary N) is 1. The second kappa shape index (κ2) is 9.92. The van der Waals surface area contributed by atoms with Gasteiger partial charge in [0.2, 0.25) is 5.92 Å². The first-order valence-electron chi connectivity index (χ1n) is 11.6. The van der Waals surface area contributed by atoms with Crippen molar-refractivity contribution in [1.82, 2.24) is 9.97 Å². The van der Waals surface area contributed by atoms with Crippen LogP contribution in [0.4, 0.5) is 27.8 Å². The molecule has 1 aliphatic carbocycles. The van der Waals surface area contributed by atoms with Gasteiger partial charge in [-0.2, -0.15) is 0 Å². The molecule has 1 aliphatic rings. The number of halogens is 5. The van der Waals surface area contributed by atoms with Crippen LogP contribution in [0.2, 0.25) is 0 Å². The molecule has 1 aromatic heterocycles. The number of hydrogen-bond acceptors (Lipinski definition) is 6. The number of hydrogen-bond donors (Lipinski definition) is 1. The van der Waals surface area contributed by atoms with Crippen LogP contribution in [0.15, 0.2) is 30.3 Å². The molecule has 6 nitrogen and oxygen atoms in total. The highest BCUT2D eigenvalue weighted by atomic mass is 19.3. The highest BCUT2D eigenvalue weighted by molar-refractivity contribution is 5.91. The topological polar surface area (TPSA) is 65.5 Å². The van der Waals surface area contributed by atoms with E-state index in [-0.39, 0.29) is 43.9 Å². The number of methoxy groups -OCH3 is 2. The molecule has 37 heavy (non-hydrogen) atoms. The summed E-state index contributed by atoms with van der Waals surface area (Å²) in [6.07, 6.45) is -0.694. The van der Waals surface area contributed by atoms with Crippen LogP contribution >= 0.6 is 0 Å². The lowest BCUT2D eigenvalue weighted by atomic mass is 9.67. The molecule has 4 rings (SSSR count). The predicted molar refractivity (Wildman–Crippen MR) is 128 cm³/mol. The second-order valence-corrected chi connectivity index (χ2v) is 9.59. The molecular weight excluding hydrogens is 497 g/mol. The van der Waals surface area contributed by atoms with Gasteiger partial charge in [0.15, 0.2) is 11.5 Å². The molecule has 0 bridgehead atoms. The van der Waals surface area contributed by atoms with Gasteiger partial charge in [-0.3, -0.25) is 0 Å². The fourth-order valence-electron chi connectivity index (χ4n) is 4.72. The Labute approximate surface area is 211 Å². The first-order valence-corrected chi connectivity index (χ1v) is 11.6. The number of alkyl halides is 4. The highest BCUT2D eigenvalue weighted by Crippen LogP contribution is 2.52. The van der Waals surface area contributed by atoms with Crippen molar-refractivity contribution < 1.29 is 36.2 Å². The Bertz CT molecular complexity index is 1290. The lowest BCUT2D eigenvalue weighted by Crippen LogP contribution is -2.52. The van der Waals surface area contributed by atoms with E-state index in [4.69, 9.17) is 14.2 Å². The fraction of sp³-hybridized carbons (Fsp3) is 0.462. The number of nitrogens with zero attached hydrogens (tertiary/aromatic N) is 2. The summed E-state index contributed by atoms with van der Waals surface area (Å²) in [6, 6.07) is 7.07. The van der Waals surface area contributed by atoms with Crippen LogP contribution in [0, 0.1) is 18.2 Å². The van der Waals surface area contributed by atoms with Gasteiger partial charge in [0.05, 0.1) is 31.4 Å². The summed E-state index contributed by atoms with van der Waals surface area (Å²) < 4.78 is 86.1. The second-order valence-electron chi connectivity index (χ2n) is 9.59. The number of aryl methyl sites for hydroxylation is 1. The number of benzene rings is 2. The van der Waals surface area contributed by atoms with Gasteiger partial charge in [-0.05, 0) is 13.0 Å². The molecule has 1 N–H and O–H groups in total. The quantitative estimate of drug-likeness (QED) is 0.316. The van der Waals surface area contributed by atoms with E-state index >= 15 is 0 Å². The third-order valence-corrected chi connectivity index (χ3v) is 6.34. The van der Waals surface area contributed by atoms with Crippen molar-refractivity contribution in [1.29, 1.82) is 0 Å². The van der Waals surface area contributed by atoms with Crippen LogP contribution in [-0.4, -0.2) is 43.3 Å². The van der Waals surface area contributed by atoms with E-state index in [2.05, 4.69) is 15.3 Å². The average molecular weight is 526 g/mol. The molecule has 0 spiro atoms. The van der Waals surface area contributed by atoms with Crippen molar-refractivity contribution in [2.75, 3.05) is 32.8 Å². The molecule has 11 heteroatoms. The Morgan fingerprint density at radius 2 is 1.78 bits per heavy atom. The third-order valence-electron chi connectivity index (χ3n) is 6.34. The summed E-state index contributed by atoms with van der Waals surface area (Å²) in [5.41, 5.74) is -0.980. The van der Waals surface area contributed by atoms with Crippen LogP contribution in [0.3, 0.4) is 0 Å². The van der Waals surface area contributed by atoms with Crippen molar-refractivity contribution in [2.24, 2.45) is 5.41 Å². The number of aromatic nitrogens is 2. The Kier molecular flexibility index (Phi) is 7.20. The Morgan fingerprint density at radius 3 is 2.41 bits per heavy atom. The number of ether oxygens (including phenoxy) is 3. The Hall–Kier alpha value is -3.21. The standard InChI is InChI=1S/C26H28F5N3O3/c1-15-33-19-9-20(36-4)21(37-14-25(13-35-3)11-26(30,31)12-25)8-17(19)23(34-15)32-10-16-6-5-7-18(22(16)27)24(2,28)29/h5-9H,10-14H2,1-4H3,(H,32,33,34). The van der Waals surface area contributed by atoms with Crippen molar-refractivity contribution in [3.63, 3.8) is 0 Å². The maximum absolute atomic E-state index is 14.7. The van der Waals surface area contributed by atoms with Crippen LogP contribution in [0.5, 0.6) is 11.5 Å². The monoisotopic (exact) mass is 525 g/mol. The molecule has 0 aliphatic heterocycles. The van der Waals surface area contributed by atoms with Crippen LogP contribution in [-0.2, 0) is 17.2 Å². The summed E-state index contributed by atoms with van der Waals surface area (Å²) in [5.74, 6) is -5.71. The minimum atomic E-state index is -3.33. The maximum Gasteiger partial charge on any atom is 0.273 e. The largest absolute Gasteiger partial charge is 0.493 e. The predicted octanol–water partition coefficient (Wildman–Crippen LogP) is 6.25. The van der Waals surface area contributed by atoms with Gasteiger partial charge in [-0.25, -0.2) is 31.9 Å². The van der Waals surface area contributed by atoms with Crippen LogP contribution in [0.25, 0.3) is 10.9 Å². The molecule has 3 aromatic rings. The van der Waals surface area contributed by atoms with E-state index in [1.54, 1.807) is 19.1 Å². The van der Waals surface area contributed by atoms with Gasteiger partial charge in [-0.15, -0.1) is 0 Å². The van der Waals surface area contributed by atoms with E-state index in [9.17, 15) is 22.0 Å². The van der Waals surface area contributed by atoms with Gasteiger partial charge in [0.25, 0.3) is 5.92 Å². The van der Waals surface area contributed by atoms with Gasteiger partial charge in [0, 0.05) is 55.9 Å².